The van der Waals surface area contributed by atoms with E-state index >= 15 is 0 Å². The van der Waals surface area contributed by atoms with Crippen LogP contribution in [0.25, 0.3) is 0 Å². The van der Waals surface area contributed by atoms with E-state index in [2.05, 4.69) is 0 Å². The Kier molecular flexibility index (Phi) is 1.76. The molecule has 0 radical (unpaired) electrons. The van der Waals surface area contributed by atoms with E-state index in [9.17, 15) is 4.89 Å². The van der Waals surface area contributed by atoms with Gasteiger partial charge in [-0.2, -0.15) is 0 Å². The average molecular weight is 177 g/mol. The molecule has 0 amide bonds. The van der Waals surface area contributed by atoms with Crippen molar-refractivity contribution in [2.45, 2.75) is 25.7 Å². The highest BCUT2D eigenvalue weighted by Gasteiger charge is 2.40. The minimum Gasteiger partial charge on any atom is -0.615 e. The number of rotatable bonds is 0. The summed E-state index contributed by atoms with van der Waals surface area (Å²) in [7, 11) is -1.48. The van der Waals surface area contributed by atoms with Crippen molar-refractivity contribution in [2.75, 3.05) is 0 Å². The van der Waals surface area contributed by atoms with E-state index in [-0.39, 0.29) is 0 Å². The molecule has 0 saturated heterocycles. The third-order valence-electron chi connectivity index (χ3n) is 2.74. The first kappa shape index (κ1) is 7.09. The summed E-state index contributed by atoms with van der Waals surface area (Å²) >= 11 is 5.55. The first-order valence-corrected chi connectivity index (χ1v) is 5.92. The van der Waals surface area contributed by atoms with Gasteiger partial charge < -0.3 is 4.89 Å². The molecule has 0 aromatic carbocycles. The summed E-state index contributed by atoms with van der Waals surface area (Å²) in [5.41, 5.74) is 0. The van der Waals surface area contributed by atoms with Crippen LogP contribution in [0.15, 0.2) is 0 Å². The first-order valence-electron chi connectivity index (χ1n) is 3.76. The molecular formula is C7H10ClOP. The topological polar surface area (TPSA) is 23.1 Å². The van der Waals surface area contributed by atoms with Crippen LogP contribution in [0.3, 0.4) is 0 Å². The zero-order valence-corrected chi connectivity index (χ0v) is 7.37. The molecule has 2 aliphatic rings. The number of hydrogen-bond donors (Lipinski definition) is 0. The quantitative estimate of drug-likeness (QED) is 0.517. The standard InChI is InChI=1S/C7H10ClOP/c8-10(9)7-4-5-1-2-6(7)3-5/h5-6H,1-4H2/t5-,6+/m1/s1. The Morgan fingerprint density at radius 3 is 2.60 bits per heavy atom. The first-order chi connectivity index (χ1) is 4.77. The molecule has 56 valence electrons. The highest BCUT2D eigenvalue weighted by atomic mass is 35.7. The van der Waals surface area contributed by atoms with E-state index in [1.807, 2.05) is 0 Å². The van der Waals surface area contributed by atoms with Gasteiger partial charge in [-0.3, -0.25) is 0 Å². The van der Waals surface area contributed by atoms with Crippen LogP contribution in [0.1, 0.15) is 25.7 Å². The number of fused-ring (bicyclic) bond motifs is 2. The van der Waals surface area contributed by atoms with Crippen molar-refractivity contribution in [3.05, 3.63) is 0 Å². The molecule has 3 heteroatoms. The minimum absolute atomic E-state index is 0.631. The lowest BCUT2D eigenvalue weighted by atomic mass is 10.0. The van der Waals surface area contributed by atoms with Crippen molar-refractivity contribution in [1.82, 2.24) is 0 Å². The summed E-state index contributed by atoms with van der Waals surface area (Å²) in [5.74, 6) is 1.46. The van der Waals surface area contributed by atoms with E-state index < -0.39 is 7.12 Å². The fourth-order valence-electron chi connectivity index (χ4n) is 2.24. The van der Waals surface area contributed by atoms with Crippen molar-refractivity contribution in [1.29, 1.82) is 0 Å². The molecule has 2 aliphatic carbocycles. The lowest BCUT2D eigenvalue weighted by molar-refractivity contribution is -0.147. The predicted octanol–water partition coefficient (Wildman–Crippen LogP) is 1.89. The third kappa shape index (κ3) is 1.01. The monoisotopic (exact) mass is 176 g/mol. The predicted molar refractivity (Wildman–Crippen MR) is 43.2 cm³/mol. The molecule has 1 unspecified atom stereocenters. The Bertz CT molecular complexity index is 186. The van der Waals surface area contributed by atoms with Crippen LogP contribution >= 0.6 is 18.4 Å². The van der Waals surface area contributed by atoms with Gasteiger partial charge in [-0.1, -0.05) is 0 Å². The van der Waals surface area contributed by atoms with Crippen molar-refractivity contribution >= 4 is 23.7 Å². The van der Waals surface area contributed by atoms with E-state index in [0.29, 0.717) is 5.92 Å². The maximum Gasteiger partial charge on any atom is 0.171 e. The second kappa shape index (κ2) is 2.48. The molecule has 2 saturated carbocycles. The SMILES string of the molecule is [O-]/[P+](Cl)=C1/C[C@@H]2CC[C@H]1C2. The second-order valence-corrected chi connectivity index (χ2v) is 5.30. The van der Waals surface area contributed by atoms with E-state index in [0.717, 1.165) is 17.6 Å². The Balaban J connectivity index is 2.23. The van der Waals surface area contributed by atoms with Crippen molar-refractivity contribution in [3.63, 3.8) is 0 Å². The highest BCUT2D eigenvalue weighted by molar-refractivity contribution is 7.78. The van der Waals surface area contributed by atoms with E-state index in [1.54, 1.807) is 0 Å². The molecule has 2 rings (SSSR count). The van der Waals surface area contributed by atoms with Gasteiger partial charge in [-0.05, 0) is 25.2 Å². The van der Waals surface area contributed by atoms with Gasteiger partial charge in [-0.15, -0.1) is 0 Å². The summed E-state index contributed by atoms with van der Waals surface area (Å²) in [4.78, 5) is 10.9. The summed E-state index contributed by atoms with van der Waals surface area (Å²) in [6.45, 7) is 0. The van der Waals surface area contributed by atoms with Crippen LogP contribution in [0, 0.1) is 11.8 Å². The van der Waals surface area contributed by atoms with Gasteiger partial charge in [0.2, 0.25) is 0 Å². The van der Waals surface area contributed by atoms with Crippen LogP contribution in [0.5, 0.6) is 0 Å². The number of halogens is 1. The van der Waals surface area contributed by atoms with Gasteiger partial charge in [-0.25, -0.2) is 0 Å². The molecule has 3 atom stereocenters. The molecular weight excluding hydrogens is 167 g/mol. The summed E-state index contributed by atoms with van der Waals surface area (Å²) in [6.07, 6.45) is 4.91. The zero-order valence-electron chi connectivity index (χ0n) is 5.72. The van der Waals surface area contributed by atoms with Crippen LogP contribution in [-0.2, 0) is 0 Å². The molecule has 0 aromatic rings. The van der Waals surface area contributed by atoms with Gasteiger partial charge in [0.05, 0.1) is 0 Å². The van der Waals surface area contributed by atoms with Gasteiger partial charge in [0.15, 0.2) is 18.4 Å². The molecule has 0 heterocycles. The maximum atomic E-state index is 10.9. The lowest BCUT2D eigenvalue weighted by Crippen LogP contribution is -2.09. The lowest BCUT2D eigenvalue weighted by Gasteiger charge is -2.08. The fraction of sp³-hybridized carbons (Fsp3) is 0.857. The zero-order chi connectivity index (χ0) is 7.14. The Hall–Kier alpha value is 0.420. The van der Waals surface area contributed by atoms with Crippen molar-refractivity contribution in [2.24, 2.45) is 11.8 Å². The molecule has 10 heavy (non-hydrogen) atoms. The van der Waals surface area contributed by atoms with Crippen molar-refractivity contribution < 1.29 is 4.89 Å². The molecule has 1 nitrogen and oxygen atoms in total. The smallest absolute Gasteiger partial charge is 0.171 e. The van der Waals surface area contributed by atoms with Crippen LogP contribution in [0.4, 0.5) is 0 Å². The molecule has 0 aliphatic heterocycles. The van der Waals surface area contributed by atoms with Crippen molar-refractivity contribution in [3.8, 4) is 0 Å². The molecule has 0 spiro atoms. The van der Waals surface area contributed by atoms with E-state index in [1.165, 1.54) is 19.3 Å². The van der Waals surface area contributed by atoms with Gasteiger partial charge in [0, 0.05) is 12.3 Å². The fourth-order valence-corrected chi connectivity index (χ4v) is 3.79. The highest BCUT2D eigenvalue weighted by Crippen LogP contribution is 2.47. The second-order valence-electron chi connectivity index (χ2n) is 3.32. The molecule has 0 N–H and O–H groups in total. The average Bonchev–Trinajstić information content (AvgIpc) is 2.44. The summed E-state index contributed by atoms with van der Waals surface area (Å²) < 4.78 is 0. The molecule has 0 aromatic heterocycles. The maximum absolute atomic E-state index is 10.9. The number of hydrogen-bond acceptors (Lipinski definition) is 1. The Morgan fingerprint density at radius 2 is 2.30 bits per heavy atom. The van der Waals surface area contributed by atoms with Crippen LogP contribution in [0.2, 0.25) is 0 Å². The van der Waals surface area contributed by atoms with Gasteiger partial charge in [0.1, 0.15) is 5.29 Å². The molecule has 2 bridgehead atoms. The Labute approximate surface area is 66.7 Å². The normalized spacial score (nSPS) is 42.6. The minimum atomic E-state index is -1.48. The van der Waals surface area contributed by atoms with Crippen LogP contribution < -0.4 is 4.89 Å². The van der Waals surface area contributed by atoms with Gasteiger partial charge in [0.25, 0.3) is 0 Å². The summed E-state index contributed by atoms with van der Waals surface area (Å²) in [6, 6.07) is 0. The largest absolute Gasteiger partial charge is 0.615 e. The Morgan fingerprint density at radius 1 is 1.50 bits per heavy atom. The van der Waals surface area contributed by atoms with Gasteiger partial charge >= 0.3 is 0 Å². The molecule has 2 fully saturated rings. The third-order valence-corrected chi connectivity index (χ3v) is 4.39. The summed E-state index contributed by atoms with van der Waals surface area (Å²) in [5, 5.41) is 1.16. The van der Waals surface area contributed by atoms with Crippen LogP contribution in [-0.4, -0.2) is 5.29 Å². The van der Waals surface area contributed by atoms with E-state index in [4.69, 9.17) is 11.2 Å².